The molecule has 6 heteroatoms. The number of hydrogen-bond acceptors (Lipinski definition) is 5. The van der Waals surface area contributed by atoms with Crippen LogP contribution in [0, 0.1) is 0 Å². The van der Waals surface area contributed by atoms with Gasteiger partial charge in [0.25, 0.3) is 0 Å². The van der Waals surface area contributed by atoms with E-state index in [1.165, 1.54) is 0 Å². The van der Waals surface area contributed by atoms with E-state index in [1.54, 1.807) is 7.11 Å². The van der Waals surface area contributed by atoms with Gasteiger partial charge in [0.05, 0.1) is 12.5 Å². The van der Waals surface area contributed by atoms with Crippen molar-refractivity contribution in [2.24, 2.45) is 0 Å². The molecule has 0 radical (unpaired) electrons. The molecule has 2 rings (SSSR count). The Morgan fingerprint density at radius 1 is 1.38 bits per heavy atom. The van der Waals surface area contributed by atoms with E-state index >= 15 is 0 Å². The number of hydrogen-bond donors (Lipinski definition) is 0. The third-order valence-electron chi connectivity index (χ3n) is 4.16. The van der Waals surface area contributed by atoms with Crippen LogP contribution < -0.4 is 4.74 Å². The summed E-state index contributed by atoms with van der Waals surface area (Å²) in [4.78, 5) is 14.1. The van der Waals surface area contributed by atoms with Crippen LogP contribution in [0.3, 0.4) is 0 Å². The second kappa shape index (κ2) is 10.0. The minimum Gasteiger partial charge on any atom is -0.492 e. The lowest BCUT2D eigenvalue weighted by atomic mass is 10.1. The van der Waals surface area contributed by atoms with E-state index in [0.717, 1.165) is 42.7 Å². The van der Waals surface area contributed by atoms with E-state index in [-0.39, 0.29) is 18.2 Å². The lowest BCUT2D eigenvalue weighted by Gasteiger charge is -2.31. The molecule has 1 aromatic carbocycles. The zero-order chi connectivity index (χ0) is 17.4. The van der Waals surface area contributed by atoms with Crippen molar-refractivity contribution in [3.05, 3.63) is 28.7 Å². The molecule has 0 amide bonds. The first-order valence-electron chi connectivity index (χ1n) is 8.40. The van der Waals surface area contributed by atoms with Crippen LogP contribution in [-0.2, 0) is 14.3 Å². The topological polar surface area (TPSA) is 48.0 Å². The highest BCUT2D eigenvalue weighted by atomic mass is 79.9. The monoisotopic (exact) mass is 399 g/mol. The van der Waals surface area contributed by atoms with Crippen molar-refractivity contribution in [3.8, 4) is 5.75 Å². The van der Waals surface area contributed by atoms with Gasteiger partial charge in [0, 0.05) is 31.2 Å². The van der Waals surface area contributed by atoms with E-state index in [2.05, 4.69) is 20.8 Å². The molecule has 0 bridgehead atoms. The Morgan fingerprint density at radius 3 is 2.79 bits per heavy atom. The minimum atomic E-state index is -0.166. The highest BCUT2D eigenvalue weighted by molar-refractivity contribution is 9.10. The van der Waals surface area contributed by atoms with Crippen molar-refractivity contribution in [2.45, 2.75) is 38.4 Å². The maximum absolute atomic E-state index is 11.8. The molecule has 1 aromatic rings. The van der Waals surface area contributed by atoms with Gasteiger partial charge in [-0.15, -0.1) is 0 Å². The molecule has 1 saturated heterocycles. The van der Waals surface area contributed by atoms with Gasteiger partial charge >= 0.3 is 5.97 Å². The smallest absolute Gasteiger partial charge is 0.308 e. The molecule has 0 unspecified atom stereocenters. The van der Waals surface area contributed by atoms with E-state index in [4.69, 9.17) is 14.2 Å². The normalized spacial score (nSPS) is 17.5. The predicted octanol–water partition coefficient (Wildman–Crippen LogP) is 3.26. The maximum Gasteiger partial charge on any atom is 0.308 e. The Kier molecular flexibility index (Phi) is 8.02. The number of carbonyl (C=O) groups excluding carboxylic acids is 1. The summed E-state index contributed by atoms with van der Waals surface area (Å²) in [6, 6.07) is 7.86. The number of piperidine rings is 1. The summed E-state index contributed by atoms with van der Waals surface area (Å²) < 4.78 is 17.4. The fourth-order valence-corrected chi connectivity index (χ4v) is 3.03. The molecular formula is C18H26BrNO4. The molecule has 1 heterocycles. The first-order chi connectivity index (χ1) is 11.6. The fourth-order valence-electron chi connectivity index (χ4n) is 2.65. The van der Waals surface area contributed by atoms with Crippen LogP contribution in [0.5, 0.6) is 5.75 Å². The van der Waals surface area contributed by atoms with Crippen LogP contribution in [0.1, 0.15) is 26.2 Å². The molecule has 134 valence electrons. The second-order valence-corrected chi connectivity index (χ2v) is 7.00. The summed E-state index contributed by atoms with van der Waals surface area (Å²) in [5.74, 6) is 0.709. The number of ether oxygens (including phenoxy) is 3. The van der Waals surface area contributed by atoms with Gasteiger partial charge in [0.1, 0.15) is 18.5 Å². The molecule has 1 aliphatic heterocycles. The van der Waals surface area contributed by atoms with Gasteiger partial charge in [-0.25, -0.2) is 0 Å². The Hall–Kier alpha value is -1.11. The van der Waals surface area contributed by atoms with Gasteiger partial charge in [-0.05, 0) is 38.0 Å². The molecule has 0 aromatic heterocycles. The van der Waals surface area contributed by atoms with Crippen molar-refractivity contribution >= 4 is 21.9 Å². The molecule has 1 aliphatic rings. The first-order valence-corrected chi connectivity index (χ1v) is 9.19. The van der Waals surface area contributed by atoms with Gasteiger partial charge in [-0.1, -0.05) is 22.0 Å². The highest BCUT2D eigenvalue weighted by Crippen LogP contribution is 2.18. The summed E-state index contributed by atoms with van der Waals surface area (Å²) in [6.07, 6.45) is 2.02. The number of halogens is 1. The van der Waals surface area contributed by atoms with Crippen molar-refractivity contribution in [2.75, 3.05) is 33.4 Å². The van der Waals surface area contributed by atoms with Gasteiger partial charge in [-0.2, -0.15) is 0 Å². The first kappa shape index (κ1) is 19.2. The lowest BCUT2D eigenvalue weighted by Crippen LogP contribution is -2.40. The van der Waals surface area contributed by atoms with Crippen LogP contribution in [0.25, 0.3) is 0 Å². The minimum absolute atomic E-state index is 0.0313. The van der Waals surface area contributed by atoms with E-state index in [0.29, 0.717) is 13.0 Å². The lowest BCUT2D eigenvalue weighted by molar-refractivity contribution is -0.153. The summed E-state index contributed by atoms with van der Waals surface area (Å²) in [5, 5.41) is 0. The number of methoxy groups -OCH3 is 1. The molecule has 0 saturated carbocycles. The zero-order valence-corrected chi connectivity index (χ0v) is 16.0. The van der Waals surface area contributed by atoms with E-state index < -0.39 is 0 Å². The molecule has 1 fully saturated rings. The molecular weight excluding hydrogens is 374 g/mol. The van der Waals surface area contributed by atoms with Crippen LogP contribution in [0.4, 0.5) is 0 Å². The molecule has 1 atom stereocenters. The number of carbonyl (C=O) groups is 1. The highest BCUT2D eigenvalue weighted by Gasteiger charge is 2.22. The Morgan fingerprint density at radius 2 is 2.12 bits per heavy atom. The number of rotatable bonds is 8. The third kappa shape index (κ3) is 6.79. The molecule has 0 N–H and O–H groups in total. The Bertz CT molecular complexity index is 517. The summed E-state index contributed by atoms with van der Waals surface area (Å²) in [5.41, 5.74) is 0. The van der Waals surface area contributed by atoms with Crippen molar-refractivity contribution in [3.63, 3.8) is 0 Å². The van der Waals surface area contributed by atoms with Crippen LogP contribution in [0.2, 0.25) is 0 Å². The van der Waals surface area contributed by atoms with E-state index in [1.807, 2.05) is 31.2 Å². The predicted molar refractivity (Wildman–Crippen MR) is 96.3 cm³/mol. The van der Waals surface area contributed by atoms with Gasteiger partial charge < -0.3 is 14.2 Å². The Labute approximate surface area is 152 Å². The number of benzene rings is 1. The number of likely N-dealkylation sites (tertiary alicyclic amines) is 1. The van der Waals surface area contributed by atoms with Crippen molar-refractivity contribution in [1.29, 1.82) is 0 Å². The van der Waals surface area contributed by atoms with Crippen LogP contribution in [-0.4, -0.2) is 56.4 Å². The largest absolute Gasteiger partial charge is 0.492 e. The van der Waals surface area contributed by atoms with Gasteiger partial charge in [0.15, 0.2) is 0 Å². The fraction of sp³-hybridized carbons (Fsp3) is 0.611. The van der Waals surface area contributed by atoms with Gasteiger partial charge in [-0.3, -0.25) is 9.69 Å². The molecule has 0 aliphatic carbocycles. The molecule has 0 spiro atoms. The van der Waals surface area contributed by atoms with Crippen LogP contribution in [0.15, 0.2) is 28.7 Å². The van der Waals surface area contributed by atoms with Crippen LogP contribution >= 0.6 is 15.9 Å². The summed E-state index contributed by atoms with van der Waals surface area (Å²) in [6.45, 7) is 5.27. The SMILES string of the molecule is CO[C@H](C)CC(=O)OC1CCN(CCOc2cccc(Br)c2)CC1. The van der Waals surface area contributed by atoms with Gasteiger partial charge in [0.2, 0.25) is 0 Å². The average Bonchev–Trinajstić information content (AvgIpc) is 2.56. The Balaban J connectivity index is 1.61. The molecule has 24 heavy (non-hydrogen) atoms. The maximum atomic E-state index is 11.8. The average molecular weight is 400 g/mol. The standard InChI is InChI=1S/C18H26BrNO4/c1-14(22-2)12-18(21)24-16-6-8-20(9-7-16)10-11-23-17-5-3-4-15(19)13-17/h3-5,13-14,16H,6-12H2,1-2H3/t14-/m1/s1. The second-order valence-electron chi connectivity index (χ2n) is 6.09. The van der Waals surface area contributed by atoms with E-state index in [9.17, 15) is 4.79 Å². The third-order valence-corrected chi connectivity index (χ3v) is 4.65. The number of nitrogens with zero attached hydrogens (tertiary/aromatic N) is 1. The quantitative estimate of drug-likeness (QED) is 0.627. The summed E-state index contributed by atoms with van der Waals surface area (Å²) >= 11 is 3.44. The van der Waals surface area contributed by atoms with Crippen molar-refractivity contribution < 1.29 is 19.0 Å². The number of esters is 1. The summed E-state index contributed by atoms with van der Waals surface area (Å²) in [7, 11) is 1.60. The zero-order valence-electron chi connectivity index (χ0n) is 14.4. The van der Waals surface area contributed by atoms with Crippen molar-refractivity contribution in [1.82, 2.24) is 4.90 Å². The molecule has 5 nitrogen and oxygen atoms in total.